The maximum absolute atomic E-state index is 15.2. The van der Waals surface area contributed by atoms with E-state index in [1.54, 1.807) is 34.1 Å². The van der Waals surface area contributed by atoms with Crippen LogP contribution in [0.4, 0.5) is 16.3 Å². The molecule has 3 aromatic heterocycles. The number of aromatic nitrogens is 5. The number of amides is 1. The van der Waals surface area contributed by atoms with Gasteiger partial charge < -0.3 is 25.0 Å². The van der Waals surface area contributed by atoms with E-state index in [1.165, 1.54) is 12.1 Å². The van der Waals surface area contributed by atoms with Crippen molar-refractivity contribution in [3.8, 4) is 16.9 Å². The SMILES string of the molecule is Nc1ncc(-c2nc(N3CCOCC3)nc3c2ccn3-c2cc(C(=O)N3CCOCC3)ccc2F)cn1. The number of fused-ring (bicyclic) bond motifs is 1. The molecule has 0 radical (unpaired) electrons. The topological polar surface area (TPSA) is 125 Å². The molecule has 37 heavy (non-hydrogen) atoms. The minimum absolute atomic E-state index is 0.156. The van der Waals surface area contributed by atoms with Crippen LogP contribution in [0.15, 0.2) is 42.9 Å². The number of rotatable bonds is 4. The van der Waals surface area contributed by atoms with E-state index >= 15 is 4.39 Å². The van der Waals surface area contributed by atoms with Gasteiger partial charge in [0.2, 0.25) is 11.9 Å². The van der Waals surface area contributed by atoms with E-state index in [2.05, 4.69) is 9.97 Å². The molecule has 2 N–H and O–H groups in total. The molecule has 11 nitrogen and oxygen atoms in total. The molecule has 1 amide bonds. The molecule has 0 bridgehead atoms. The van der Waals surface area contributed by atoms with Crippen LogP contribution in [-0.2, 0) is 9.47 Å². The molecule has 12 heteroatoms. The molecule has 1 aromatic carbocycles. The summed E-state index contributed by atoms with van der Waals surface area (Å²) in [5, 5.41) is 0.690. The van der Waals surface area contributed by atoms with E-state index in [9.17, 15) is 4.79 Å². The van der Waals surface area contributed by atoms with Crippen molar-refractivity contribution in [3.63, 3.8) is 0 Å². The van der Waals surface area contributed by atoms with E-state index in [1.807, 2.05) is 11.0 Å². The van der Waals surface area contributed by atoms with Crippen LogP contribution < -0.4 is 10.6 Å². The van der Waals surface area contributed by atoms with Gasteiger partial charge in [-0.2, -0.15) is 4.98 Å². The highest BCUT2D eigenvalue weighted by atomic mass is 19.1. The summed E-state index contributed by atoms with van der Waals surface area (Å²) in [6.45, 7) is 4.35. The summed E-state index contributed by atoms with van der Waals surface area (Å²) in [7, 11) is 0. The molecule has 0 aliphatic carbocycles. The summed E-state index contributed by atoms with van der Waals surface area (Å²) in [6, 6.07) is 6.20. The molecule has 0 atom stereocenters. The van der Waals surface area contributed by atoms with E-state index in [0.29, 0.717) is 86.4 Å². The van der Waals surface area contributed by atoms with Gasteiger partial charge in [-0.25, -0.2) is 19.3 Å². The van der Waals surface area contributed by atoms with E-state index in [-0.39, 0.29) is 17.5 Å². The second kappa shape index (κ2) is 9.71. The Labute approximate surface area is 211 Å². The molecular weight excluding hydrogens is 479 g/mol. The molecule has 6 rings (SSSR count). The lowest BCUT2D eigenvalue weighted by Gasteiger charge is -2.27. The number of nitrogens with two attached hydrogens (primary N) is 1. The lowest BCUT2D eigenvalue weighted by molar-refractivity contribution is 0.0303. The maximum atomic E-state index is 15.2. The van der Waals surface area contributed by atoms with Crippen molar-refractivity contribution < 1.29 is 18.7 Å². The first-order valence-electron chi connectivity index (χ1n) is 12.0. The molecule has 190 valence electrons. The summed E-state index contributed by atoms with van der Waals surface area (Å²) in [5.41, 5.74) is 8.07. The van der Waals surface area contributed by atoms with E-state index in [4.69, 9.17) is 25.2 Å². The zero-order chi connectivity index (χ0) is 25.4. The van der Waals surface area contributed by atoms with Gasteiger partial charge >= 0.3 is 0 Å². The van der Waals surface area contributed by atoms with Gasteiger partial charge in [-0.1, -0.05) is 0 Å². The molecule has 0 spiro atoms. The van der Waals surface area contributed by atoms with Crippen LogP contribution in [-0.4, -0.2) is 87.9 Å². The normalized spacial score (nSPS) is 16.4. The Kier molecular flexibility index (Phi) is 6.10. The fraction of sp³-hybridized carbons (Fsp3) is 0.320. The number of morpholine rings is 2. The first kappa shape index (κ1) is 23.3. The predicted octanol–water partition coefficient (Wildman–Crippen LogP) is 1.91. The largest absolute Gasteiger partial charge is 0.378 e. The average molecular weight is 505 g/mol. The van der Waals surface area contributed by atoms with Crippen LogP contribution in [0.5, 0.6) is 0 Å². The van der Waals surface area contributed by atoms with Crippen molar-refractivity contribution >= 4 is 28.8 Å². The first-order valence-corrected chi connectivity index (χ1v) is 12.0. The number of halogens is 1. The number of hydrogen-bond donors (Lipinski definition) is 1. The second-order valence-corrected chi connectivity index (χ2v) is 8.80. The third-order valence-electron chi connectivity index (χ3n) is 6.52. The summed E-state index contributed by atoms with van der Waals surface area (Å²) in [5.74, 6) is 0.0108. The highest BCUT2D eigenvalue weighted by Crippen LogP contribution is 2.31. The van der Waals surface area contributed by atoms with E-state index in [0.717, 1.165) is 0 Å². The van der Waals surface area contributed by atoms with Gasteiger partial charge in [-0.3, -0.25) is 9.36 Å². The van der Waals surface area contributed by atoms with Gasteiger partial charge in [-0.15, -0.1) is 0 Å². The quantitative estimate of drug-likeness (QED) is 0.444. The Balaban J connectivity index is 1.48. The Morgan fingerprint density at radius 3 is 2.38 bits per heavy atom. The van der Waals surface area contributed by atoms with Crippen LogP contribution >= 0.6 is 0 Å². The number of anilines is 2. The molecule has 4 aromatic rings. The number of nitrogens with zero attached hydrogens (tertiary/aromatic N) is 7. The van der Waals surface area contributed by atoms with Crippen molar-refractivity contribution in [3.05, 3.63) is 54.2 Å². The number of carbonyl (C=O) groups is 1. The van der Waals surface area contributed by atoms with Crippen molar-refractivity contribution in [1.29, 1.82) is 0 Å². The standard InChI is InChI=1S/C25H25FN8O3/c26-19-2-1-16(23(35)32-5-9-36-10-6-32)13-20(19)34-4-3-18-21(17-14-28-24(27)29-15-17)30-25(31-22(18)34)33-7-11-37-12-8-33/h1-4,13-15H,5-12H2,(H2,27,28,29). The molecular formula is C25H25FN8O3. The average Bonchev–Trinajstić information content (AvgIpc) is 3.38. The first-order chi connectivity index (χ1) is 18.1. The highest BCUT2D eigenvalue weighted by molar-refractivity contribution is 5.96. The van der Waals surface area contributed by atoms with Crippen LogP contribution in [0.1, 0.15) is 10.4 Å². The highest BCUT2D eigenvalue weighted by Gasteiger charge is 2.23. The van der Waals surface area contributed by atoms with Gasteiger partial charge in [-0.05, 0) is 24.3 Å². The van der Waals surface area contributed by atoms with Crippen LogP contribution in [0.2, 0.25) is 0 Å². The molecule has 2 aliphatic rings. The van der Waals surface area contributed by atoms with Crippen LogP contribution in [0.25, 0.3) is 28.0 Å². The number of carbonyl (C=O) groups excluding carboxylic acids is 1. The van der Waals surface area contributed by atoms with Crippen LogP contribution in [0.3, 0.4) is 0 Å². The Morgan fingerprint density at radius 1 is 0.946 bits per heavy atom. The Hall–Kier alpha value is -4.16. The third kappa shape index (κ3) is 4.45. The minimum atomic E-state index is -0.472. The van der Waals surface area contributed by atoms with E-state index < -0.39 is 5.82 Å². The summed E-state index contributed by atoms with van der Waals surface area (Å²) < 4.78 is 27.7. The van der Waals surface area contributed by atoms with Crippen molar-refractivity contribution in [1.82, 2.24) is 29.4 Å². The smallest absolute Gasteiger partial charge is 0.254 e. The van der Waals surface area contributed by atoms with Gasteiger partial charge in [0.15, 0.2) is 5.65 Å². The zero-order valence-electron chi connectivity index (χ0n) is 20.0. The predicted molar refractivity (Wildman–Crippen MR) is 134 cm³/mol. The molecule has 2 saturated heterocycles. The van der Waals surface area contributed by atoms with Gasteiger partial charge in [0.25, 0.3) is 5.91 Å². The lowest BCUT2D eigenvalue weighted by Crippen LogP contribution is -2.40. The molecule has 2 fully saturated rings. The summed E-state index contributed by atoms with van der Waals surface area (Å²) in [4.78, 5) is 34.7. The fourth-order valence-electron chi connectivity index (χ4n) is 4.56. The molecule has 5 heterocycles. The number of benzene rings is 1. The minimum Gasteiger partial charge on any atom is -0.378 e. The lowest BCUT2D eigenvalue weighted by atomic mass is 10.1. The maximum Gasteiger partial charge on any atom is 0.254 e. The van der Waals surface area contributed by atoms with Gasteiger partial charge in [0, 0.05) is 61.3 Å². The molecule has 2 aliphatic heterocycles. The second-order valence-electron chi connectivity index (χ2n) is 8.80. The monoisotopic (exact) mass is 504 g/mol. The number of nitrogen functional groups attached to an aromatic ring is 1. The summed E-state index contributed by atoms with van der Waals surface area (Å²) in [6.07, 6.45) is 4.94. The van der Waals surface area contributed by atoms with Crippen LogP contribution in [0, 0.1) is 5.82 Å². The van der Waals surface area contributed by atoms with Crippen molar-refractivity contribution in [2.45, 2.75) is 0 Å². The Morgan fingerprint density at radius 2 is 1.65 bits per heavy atom. The zero-order valence-corrected chi connectivity index (χ0v) is 20.0. The molecule has 0 saturated carbocycles. The van der Waals surface area contributed by atoms with Gasteiger partial charge in [0.05, 0.1) is 37.8 Å². The molecule has 0 unspecified atom stereocenters. The fourth-order valence-corrected chi connectivity index (χ4v) is 4.56. The van der Waals surface area contributed by atoms with Crippen molar-refractivity contribution in [2.24, 2.45) is 0 Å². The third-order valence-corrected chi connectivity index (χ3v) is 6.52. The van der Waals surface area contributed by atoms with Gasteiger partial charge in [0.1, 0.15) is 5.82 Å². The number of hydrogen-bond acceptors (Lipinski definition) is 9. The van der Waals surface area contributed by atoms with Crippen molar-refractivity contribution in [2.75, 3.05) is 63.2 Å². The summed E-state index contributed by atoms with van der Waals surface area (Å²) >= 11 is 0. The number of ether oxygens (including phenoxy) is 2. The Bertz CT molecular complexity index is 1450.